The van der Waals surface area contributed by atoms with Gasteiger partial charge in [-0.25, -0.2) is 9.48 Å². The average Bonchev–Trinajstić information content (AvgIpc) is 3.84. The topological polar surface area (TPSA) is 167 Å². The molecule has 2 aliphatic rings. The first-order chi connectivity index (χ1) is 27.3. The molecule has 4 heterocycles. The lowest BCUT2D eigenvalue weighted by atomic mass is 9.78. The van der Waals surface area contributed by atoms with Crippen LogP contribution in [0.4, 0.5) is 5.69 Å². The number of nitro groups is 1. The number of para-hydroxylation sites is 1. The first kappa shape index (κ1) is 36.3. The Bertz CT molecular complexity index is 2400. The number of esters is 1. The number of ether oxygens (including phenoxy) is 1. The highest BCUT2D eigenvalue weighted by molar-refractivity contribution is 5.95. The minimum absolute atomic E-state index is 0.0552. The lowest BCUT2D eigenvalue weighted by Crippen LogP contribution is -2.53. The van der Waals surface area contributed by atoms with E-state index in [1.165, 1.54) is 30.5 Å². The highest BCUT2D eigenvalue weighted by Gasteiger charge is 2.40. The van der Waals surface area contributed by atoms with Gasteiger partial charge in [0.2, 0.25) is 5.91 Å². The number of carbonyl (C=O) groups is 3. The lowest BCUT2D eigenvalue weighted by molar-refractivity contribution is -0.384. The Morgan fingerprint density at radius 1 is 0.911 bits per heavy atom. The van der Waals surface area contributed by atoms with Gasteiger partial charge in [0.15, 0.2) is 0 Å². The van der Waals surface area contributed by atoms with E-state index in [9.17, 15) is 24.5 Å². The second-order valence-corrected chi connectivity index (χ2v) is 14.4. The Labute approximate surface area is 322 Å². The fraction of sp³-hybridized carbons (Fsp3) is 0.286. The third kappa shape index (κ3) is 7.76. The molecule has 2 amide bonds. The van der Waals surface area contributed by atoms with Crippen LogP contribution in [-0.4, -0.2) is 77.4 Å². The van der Waals surface area contributed by atoms with E-state index in [2.05, 4.69) is 55.5 Å². The molecule has 0 spiro atoms. The number of rotatable bonds is 12. The van der Waals surface area contributed by atoms with Crippen molar-refractivity contribution in [3.63, 3.8) is 0 Å². The van der Waals surface area contributed by atoms with E-state index >= 15 is 0 Å². The van der Waals surface area contributed by atoms with Crippen LogP contribution in [0.25, 0.3) is 27.8 Å². The molecule has 2 fully saturated rings. The van der Waals surface area contributed by atoms with Crippen LogP contribution in [0, 0.1) is 16.0 Å². The van der Waals surface area contributed by atoms with Gasteiger partial charge in [0.05, 0.1) is 47.3 Å². The molecule has 6 aromatic rings. The lowest BCUT2D eigenvalue weighted by Gasteiger charge is -2.42. The number of nitro benzene ring substituents is 1. The van der Waals surface area contributed by atoms with Crippen molar-refractivity contribution in [2.45, 2.75) is 57.2 Å². The monoisotopic (exact) mass is 752 g/mol. The van der Waals surface area contributed by atoms with Crippen LogP contribution < -0.4 is 5.32 Å². The van der Waals surface area contributed by atoms with Crippen molar-refractivity contribution in [3.05, 3.63) is 137 Å². The number of nitrogens with zero attached hydrogens (tertiary/aromatic N) is 7. The summed E-state index contributed by atoms with van der Waals surface area (Å²) in [4.78, 5) is 56.2. The van der Waals surface area contributed by atoms with Gasteiger partial charge in [0, 0.05) is 65.9 Å². The van der Waals surface area contributed by atoms with Crippen LogP contribution in [-0.2, 0) is 16.1 Å². The number of fused-ring (bicyclic) bond motifs is 1. The molecule has 0 bridgehead atoms. The van der Waals surface area contributed by atoms with Gasteiger partial charge in [-0.05, 0) is 61.9 Å². The van der Waals surface area contributed by atoms with Crippen LogP contribution in [0.1, 0.15) is 64.9 Å². The smallest absolute Gasteiger partial charge is 0.338 e. The number of piperidine rings is 1. The Morgan fingerprint density at radius 2 is 1.73 bits per heavy atom. The van der Waals surface area contributed by atoms with Crippen molar-refractivity contribution in [2.75, 3.05) is 13.2 Å². The normalized spacial score (nSPS) is 17.9. The van der Waals surface area contributed by atoms with E-state index in [4.69, 9.17) is 4.74 Å². The number of carbonyl (C=O) groups excluding carboxylic acids is 3. The fourth-order valence-electron chi connectivity index (χ4n) is 7.71. The number of amides is 2. The fourth-order valence-corrected chi connectivity index (χ4v) is 7.71. The van der Waals surface area contributed by atoms with Crippen LogP contribution in [0.15, 0.2) is 110 Å². The SMILES string of the molecule is O=C(NC1CC(C(=O)N2CCCCC2CCOC(=O)c2cccc([N+](=O)[O-])c2)C1)c1cncc(-n2cc(Cn3c(-c4ccccc4)cc4ccccc43)nn2)c1. The van der Waals surface area contributed by atoms with E-state index in [0.29, 0.717) is 43.6 Å². The van der Waals surface area contributed by atoms with E-state index in [0.717, 1.165) is 47.1 Å². The molecule has 3 aromatic heterocycles. The summed E-state index contributed by atoms with van der Waals surface area (Å²) in [7, 11) is 0. The van der Waals surface area contributed by atoms with Crippen molar-refractivity contribution < 1.29 is 24.0 Å². The standard InChI is InChI=1S/C42H40N8O6/c51-40(44-33-19-31(20-33)41(52)47-17-7-6-13-35(47)16-18-56-42(53)30-12-8-14-36(21-30)50(54)55)32-22-37(25-43-24-32)49-27-34(45-46-49)26-48-38-15-5-4-11-29(38)23-39(48)28-9-2-1-3-10-28/h1-5,8-12,14-15,21-25,27,31,33,35H,6-7,13,16-20,26H2,(H,44,51). The number of aromatic nitrogens is 5. The summed E-state index contributed by atoms with van der Waals surface area (Å²) in [5.74, 6) is -1.06. The number of hydrogen-bond donors (Lipinski definition) is 1. The molecule has 14 nitrogen and oxygen atoms in total. The number of pyridine rings is 1. The predicted molar refractivity (Wildman–Crippen MR) is 207 cm³/mol. The zero-order valence-electron chi connectivity index (χ0n) is 30.6. The van der Waals surface area contributed by atoms with E-state index in [-0.39, 0.29) is 47.7 Å². The maximum Gasteiger partial charge on any atom is 0.338 e. The minimum atomic E-state index is -0.633. The Morgan fingerprint density at radius 3 is 2.57 bits per heavy atom. The van der Waals surface area contributed by atoms with Crippen LogP contribution in [0.5, 0.6) is 0 Å². The van der Waals surface area contributed by atoms with Gasteiger partial charge in [-0.2, -0.15) is 0 Å². The zero-order valence-corrected chi connectivity index (χ0v) is 30.6. The summed E-state index contributed by atoms with van der Waals surface area (Å²) in [6.45, 7) is 1.23. The Kier molecular flexibility index (Phi) is 10.3. The second kappa shape index (κ2) is 16.0. The average molecular weight is 753 g/mol. The van der Waals surface area contributed by atoms with Gasteiger partial charge in [-0.3, -0.25) is 24.7 Å². The van der Waals surface area contributed by atoms with Gasteiger partial charge < -0.3 is 19.5 Å². The summed E-state index contributed by atoms with van der Waals surface area (Å²) in [6, 6.07) is 27.6. The highest BCUT2D eigenvalue weighted by Crippen LogP contribution is 2.33. The van der Waals surface area contributed by atoms with Gasteiger partial charge in [0.25, 0.3) is 11.6 Å². The maximum atomic E-state index is 13.6. The van der Waals surface area contributed by atoms with Gasteiger partial charge in [0.1, 0.15) is 5.69 Å². The van der Waals surface area contributed by atoms with Crippen molar-refractivity contribution in [1.82, 2.24) is 34.8 Å². The summed E-state index contributed by atoms with van der Waals surface area (Å²) in [5, 5.41) is 24.1. The molecule has 1 aliphatic carbocycles. The molecule has 14 heteroatoms. The Hall–Kier alpha value is -6.70. The number of likely N-dealkylation sites (tertiary alicyclic amines) is 1. The summed E-state index contributed by atoms with van der Waals surface area (Å²) >= 11 is 0. The van der Waals surface area contributed by atoms with E-state index < -0.39 is 10.9 Å². The number of nitrogens with one attached hydrogen (secondary N) is 1. The molecule has 1 aliphatic heterocycles. The van der Waals surface area contributed by atoms with E-state index in [1.807, 2.05) is 41.4 Å². The third-order valence-corrected chi connectivity index (χ3v) is 10.7. The number of benzene rings is 3. The molecule has 284 valence electrons. The molecule has 1 unspecified atom stereocenters. The molecule has 8 rings (SSSR count). The predicted octanol–water partition coefficient (Wildman–Crippen LogP) is 6.38. The molecule has 0 radical (unpaired) electrons. The van der Waals surface area contributed by atoms with Gasteiger partial charge in [-0.15, -0.1) is 5.10 Å². The second-order valence-electron chi connectivity index (χ2n) is 14.4. The van der Waals surface area contributed by atoms with Crippen molar-refractivity contribution >= 4 is 34.4 Å². The molecular weight excluding hydrogens is 713 g/mol. The van der Waals surface area contributed by atoms with Crippen LogP contribution in [0.3, 0.4) is 0 Å². The molecule has 1 saturated carbocycles. The number of non-ortho nitro benzene ring substituents is 1. The molecule has 1 atom stereocenters. The summed E-state index contributed by atoms with van der Waals surface area (Å²) in [6.07, 6.45) is 9.23. The molecule has 1 N–H and O–H groups in total. The van der Waals surface area contributed by atoms with Crippen molar-refractivity contribution in [3.8, 4) is 16.9 Å². The molecule has 1 saturated heterocycles. The maximum absolute atomic E-state index is 13.6. The third-order valence-electron chi connectivity index (χ3n) is 10.7. The van der Waals surface area contributed by atoms with Gasteiger partial charge >= 0.3 is 5.97 Å². The highest BCUT2D eigenvalue weighted by atomic mass is 16.6. The van der Waals surface area contributed by atoms with Crippen LogP contribution in [0.2, 0.25) is 0 Å². The minimum Gasteiger partial charge on any atom is -0.462 e. The quantitative estimate of drug-likeness (QED) is 0.0848. The Balaban J connectivity index is 0.850. The van der Waals surface area contributed by atoms with Crippen molar-refractivity contribution in [2.24, 2.45) is 5.92 Å². The first-order valence-electron chi connectivity index (χ1n) is 18.8. The largest absolute Gasteiger partial charge is 0.462 e. The van der Waals surface area contributed by atoms with Crippen molar-refractivity contribution in [1.29, 1.82) is 0 Å². The van der Waals surface area contributed by atoms with E-state index in [1.54, 1.807) is 16.9 Å². The van der Waals surface area contributed by atoms with Gasteiger partial charge in [-0.1, -0.05) is 59.8 Å². The first-order valence-corrected chi connectivity index (χ1v) is 18.8. The van der Waals surface area contributed by atoms with Crippen LogP contribution >= 0.6 is 0 Å². The molecule has 3 aromatic carbocycles. The molecular formula is C42H40N8O6. The molecule has 56 heavy (non-hydrogen) atoms. The number of hydrogen-bond acceptors (Lipinski definition) is 9. The zero-order chi connectivity index (χ0) is 38.6. The summed E-state index contributed by atoms with van der Waals surface area (Å²) in [5.41, 5.74) is 4.95. The summed E-state index contributed by atoms with van der Waals surface area (Å²) < 4.78 is 9.28.